The molecule has 1 aromatic carbocycles. The molecule has 14 nitrogen and oxygen atoms in total. The Labute approximate surface area is 354 Å². The lowest BCUT2D eigenvalue weighted by Crippen LogP contribution is -2.60. The van der Waals surface area contributed by atoms with Crippen molar-refractivity contribution in [3.63, 3.8) is 0 Å². The number of carbonyl (C=O) groups excluding carboxylic acids is 4. The Morgan fingerprint density at radius 3 is 2.40 bits per heavy atom. The van der Waals surface area contributed by atoms with E-state index in [9.17, 15) is 45.5 Å². The zero-order valence-corrected chi connectivity index (χ0v) is 34.4. The predicted octanol–water partition coefficient (Wildman–Crippen LogP) is 4.77. The average molecular weight is 890 g/mol. The number of aromatic nitrogens is 1. The van der Waals surface area contributed by atoms with E-state index in [0.717, 1.165) is 22.1 Å². The Morgan fingerprint density at radius 1 is 1.05 bits per heavy atom. The third kappa shape index (κ3) is 10.6. The number of ether oxygens (including phenoxy) is 1. The fourth-order valence-electron chi connectivity index (χ4n) is 8.23. The average Bonchev–Trinajstić information content (AvgIpc) is 3.34. The van der Waals surface area contributed by atoms with E-state index in [4.69, 9.17) is 10.00 Å². The molecule has 328 valence electrons. The highest BCUT2D eigenvalue weighted by atomic mass is 35.5. The second-order valence-electron chi connectivity index (χ2n) is 15.6. The SMILES string of the molecule is CC1(C)C(=O)N(c2cnc(C#N)c(C(F)(F)F)c2)[C@H](S)N1C1CCC(OCCN2CCN(CC(=O)Nc3cccc(NC4CCC(=O)NC4=O)c3)[C@@H](C(F)(F)F)C2)CC1.Cl. The first kappa shape index (κ1) is 46.9. The largest absolute Gasteiger partial charge is 0.419 e. The Morgan fingerprint density at radius 2 is 1.75 bits per heavy atom. The summed E-state index contributed by atoms with van der Waals surface area (Å²) in [6.45, 7) is 3.18. The topological polar surface area (TPSA) is 163 Å². The minimum Gasteiger partial charge on any atom is -0.377 e. The van der Waals surface area contributed by atoms with Gasteiger partial charge < -0.3 is 15.4 Å². The van der Waals surface area contributed by atoms with Gasteiger partial charge in [-0.15, -0.1) is 25.0 Å². The number of pyridine rings is 1. The molecule has 4 heterocycles. The smallest absolute Gasteiger partial charge is 0.377 e. The van der Waals surface area contributed by atoms with Crippen molar-refractivity contribution in [2.75, 3.05) is 54.9 Å². The van der Waals surface area contributed by atoms with E-state index >= 15 is 0 Å². The van der Waals surface area contributed by atoms with E-state index in [-0.39, 0.29) is 75.4 Å². The molecule has 1 aromatic heterocycles. The normalized spacial score (nSPS) is 25.6. The molecule has 1 saturated carbocycles. The van der Waals surface area contributed by atoms with Gasteiger partial charge in [0.2, 0.25) is 23.6 Å². The maximum absolute atomic E-state index is 14.3. The van der Waals surface area contributed by atoms with Crippen LogP contribution in [0, 0.1) is 11.3 Å². The molecule has 1 unspecified atom stereocenters. The van der Waals surface area contributed by atoms with Crippen LogP contribution >= 0.6 is 25.0 Å². The molecular formula is C38H46ClF6N9O5S. The van der Waals surface area contributed by atoms with E-state index in [1.54, 1.807) is 43.0 Å². The van der Waals surface area contributed by atoms with Gasteiger partial charge in [-0.3, -0.25) is 44.1 Å². The molecule has 4 aliphatic rings. The quantitative estimate of drug-likeness (QED) is 0.140. The number of amides is 4. The van der Waals surface area contributed by atoms with E-state index in [1.165, 1.54) is 6.07 Å². The first-order valence-electron chi connectivity index (χ1n) is 19.2. The number of piperazine rings is 1. The van der Waals surface area contributed by atoms with E-state index in [1.807, 2.05) is 4.90 Å². The Bertz CT molecular complexity index is 1960. The summed E-state index contributed by atoms with van der Waals surface area (Å²) in [6, 6.07) is 5.88. The van der Waals surface area contributed by atoms with Gasteiger partial charge >= 0.3 is 12.4 Å². The lowest BCUT2D eigenvalue weighted by atomic mass is 9.89. The molecule has 3 saturated heterocycles. The number of hydrogen-bond acceptors (Lipinski definition) is 12. The second kappa shape index (κ2) is 18.8. The van der Waals surface area contributed by atoms with Crippen LogP contribution in [-0.4, -0.2) is 124 Å². The van der Waals surface area contributed by atoms with Gasteiger partial charge in [0, 0.05) is 50.0 Å². The van der Waals surface area contributed by atoms with Crippen molar-refractivity contribution >= 4 is 65.7 Å². The number of anilines is 3. The summed E-state index contributed by atoms with van der Waals surface area (Å²) in [5.41, 5.74) is -3.40. The van der Waals surface area contributed by atoms with Gasteiger partial charge in [-0.1, -0.05) is 6.07 Å². The van der Waals surface area contributed by atoms with Crippen molar-refractivity contribution < 1.29 is 50.3 Å². The lowest BCUT2D eigenvalue weighted by Gasteiger charge is -2.42. The van der Waals surface area contributed by atoms with Gasteiger partial charge in [0.1, 0.15) is 23.7 Å². The van der Waals surface area contributed by atoms with Gasteiger partial charge in [-0.25, -0.2) is 4.98 Å². The molecule has 2 aromatic rings. The number of carbonyl (C=O) groups is 4. The van der Waals surface area contributed by atoms with Crippen LogP contribution in [0.1, 0.15) is 63.6 Å². The molecule has 3 N–H and O–H groups in total. The summed E-state index contributed by atoms with van der Waals surface area (Å²) in [7, 11) is 0. The van der Waals surface area contributed by atoms with Crippen LogP contribution in [0.3, 0.4) is 0 Å². The van der Waals surface area contributed by atoms with Crippen LogP contribution in [0.4, 0.5) is 43.4 Å². The third-order valence-electron chi connectivity index (χ3n) is 11.3. The maximum atomic E-state index is 14.3. The molecule has 1 aliphatic carbocycles. The van der Waals surface area contributed by atoms with Crippen LogP contribution in [0.2, 0.25) is 0 Å². The van der Waals surface area contributed by atoms with Gasteiger partial charge in [-0.05, 0) is 70.2 Å². The van der Waals surface area contributed by atoms with Crippen molar-refractivity contribution in [3.05, 3.63) is 47.8 Å². The monoisotopic (exact) mass is 889 g/mol. The number of benzene rings is 1. The first-order chi connectivity index (χ1) is 27.8. The highest BCUT2D eigenvalue weighted by Crippen LogP contribution is 2.43. The second-order valence-corrected chi connectivity index (χ2v) is 16.1. The number of nitriles is 1. The summed E-state index contributed by atoms with van der Waals surface area (Å²) in [5, 5.41) is 17.0. The summed E-state index contributed by atoms with van der Waals surface area (Å²) < 4.78 is 90.0. The Hall–Kier alpha value is -4.20. The molecule has 4 amide bonds. The number of rotatable bonds is 11. The molecule has 60 heavy (non-hydrogen) atoms. The van der Waals surface area contributed by atoms with Crippen LogP contribution in [0.5, 0.6) is 0 Å². The summed E-state index contributed by atoms with van der Waals surface area (Å²) in [5.74, 6) is -1.93. The Kier molecular flexibility index (Phi) is 14.7. The number of nitrogens with zero attached hydrogens (tertiary/aromatic N) is 6. The van der Waals surface area contributed by atoms with Gasteiger partial charge in [0.25, 0.3) is 0 Å². The van der Waals surface area contributed by atoms with Crippen LogP contribution in [0.15, 0.2) is 36.5 Å². The maximum Gasteiger partial charge on any atom is 0.419 e. The molecule has 3 aliphatic heterocycles. The molecule has 4 fully saturated rings. The van der Waals surface area contributed by atoms with Crippen LogP contribution < -0.4 is 20.9 Å². The van der Waals surface area contributed by atoms with E-state index < -0.39 is 71.0 Å². The number of piperidine rings is 1. The highest BCUT2D eigenvalue weighted by molar-refractivity contribution is 7.81. The van der Waals surface area contributed by atoms with Crippen LogP contribution in [-0.2, 0) is 30.1 Å². The van der Waals surface area contributed by atoms with Crippen molar-refractivity contribution in [1.29, 1.82) is 5.26 Å². The fourth-order valence-corrected chi connectivity index (χ4v) is 8.95. The third-order valence-corrected chi connectivity index (χ3v) is 11.7. The number of imide groups is 1. The molecular weight excluding hydrogens is 844 g/mol. The van der Waals surface area contributed by atoms with Crippen LogP contribution in [0.25, 0.3) is 0 Å². The zero-order valence-electron chi connectivity index (χ0n) is 32.7. The van der Waals surface area contributed by atoms with E-state index in [0.29, 0.717) is 43.5 Å². The predicted molar refractivity (Wildman–Crippen MR) is 212 cm³/mol. The standard InChI is InChI=1S/C38H45F6N9O5S.ClH/c1-36(2)34(57)52(25-17-27(37(39,40)41)29(18-45)46-19-25)35(59)53(36)24-6-8-26(9-7-24)58-15-14-50-12-13-51(30(20-50)38(42,43)44)21-32(55)48-23-5-3-4-22(16-23)47-28-10-11-31(54)49-33(28)56;/h3-5,16-17,19,24,26,28,30,35,47,59H,6-15,20-21H2,1-2H3,(H,48,55)(H,49,54,56);1H/t24?,26?,28?,30-,35+;/m1./s1. The minimum absolute atomic E-state index is 0. The van der Waals surface area contributed by atoms with E-state index in [2.05, 4.69) is 33.6 Å². The zero-order chi connectivity index (χ0) is 42.9. The first-order valence-corrected chi connectivity index (χ1v) is 19.7. The lowest BCUT2D eigenvalue weighted by molar-refractivity contribution is -0.197. The number of thiol groups is 1. The number of hydrogen-bond donors (Lipinski definition) is 4. The van der Waals surface area contributed by atoms with Gasteiger partial charge in [0.05, 0.1) is 42.2 Å². The van der Waals surface area contributed by atoms with Crippen molar-refractivity contribution in [1.82, 2.24) is 25.0 Å². The molecule has 0 spiro atoms. The highest BCUT2D eigenvalue weighted by Gasteiger charge is 2.54. The van der Waals surface area contributed by atoms with Gasteiger partial charge in [0.15, 0.2) is 5.69 Å². The number of halogens is 7. The Balaban J connectivity index is 0.00000683. The molecule has 22 heteroatoms. The summed E-state index contributed by atoms with van der Waals surface area (Å²) in [6.07, 6.45) is -5.83. The van der Waals surface area contributed by atoms with Crippen molar-refractivity contribution in [2.24, 2.45) is 0 Å². The molecule has 0 radical (unpaired) electrons. The van der Waals surface area contributed by atoms with Crippen molar-refractivity contribution in [3.8, 4) is 6.07 Å². The van der Waals surface area contributed by atoms with Crippen molar-refractivity contribution in [2.45, 2.75) is 100.0 Å². The summed E-state index contributed by atoms with van der Waals surface area (Å²) >= 11 is 4.67. The fraction of sp³-hybridized carbons (Fsp3) is 0.579. The number of nitrogens with one attached hydrogen (secondary N) is 3. The summed E-state index contributed by atoms with van der Waals surface area (Å²) in [4.78, 5) is 59.5. The molecule has 3 atom stereocenters. The molecule has 0 bridgehead atoms. The number of alkyl halides is 6. The molecule has 6 rings (SSSR count). The van der Waals surface area contributed by atoms with Gasteiger partial charge in [-0.2, -0.15) is 31.6 Å². The minimum atomic E-state index is -4.86.